The fraction of sp³-hybridized carbons (Fsp3) is 0.105. The molecule has 1 aromatic carbocycles. The monoisotopic (exact) mass is 372 g/mol. The molecule has 8 heteroatoms. The summed E-state index contributed by atoms with van der Waals surface area (Å²) in [6.45, 7) is 0.740. The molecule has 0 saturated carbocycles. The average molecular weight is 372 g/mol. The molecule has 1 N–H and O–H groups in total. The predicted molar refractivity (Wildman–Crippen MR) is 94.1 cm³/mol. The SMILES string of the molecule is C=CC(=O)NCc1cnc(-c2ccc(F)cc2)cc1-c1ccn(C(F)F)n1. The Hall–Kier alpha value is -3.42. The highest BCUT2D eigenvalue weighted by Crippen LogP contribution is 2.28. The van der Waals surface area contributed by atoms with E-state index in [1.165, 1.54) is 30.6 Å². The van der Waals surface area contributed by atoms with E-state index < -0.39 is 6.55 Å². The lowest BCUT2D eigenvalue weighted by atomic mass is 10.0. The second-order valence-electron chi connectivity index (χ2n) is 5.61. The lowest BCUT2D eigenvalue weighted by molar-refractivity contribution is -0.116. The molecule has 0 bridgehead atoms. The van der Waals surface area contributed by atoms with Gasteiger partial charge in [0.25, 0.3) is 0 Å². The van der Waals surface area contributed by atoms with Crippen molar-refractivity contribution in [3.8, 4) is 22.5 Å². The fourth-order valence-corrected chi connectivity index (χ4v) is 2.49. The van der Waals surface area contributed by atoms with Crippen LogP contribution in [-0.4, -0.2) is 20.7 Å². The van der Waals surface area contributed by atoms with Crippen molar-refractivity contribution in [1.82, 2.24) is 20.1 Å². The normalized spacial score (nSPS) is 10.8. The number of rotatable bonds is 6. The summed E-state index contributed by atoms with van der Waals surface area (Å²) in [6.07, 6.45) is 3.83. The van der Waals surface area contributed by atoms with Crippen LogP contribution in [0.25, 0.3) is 22.5 Å². The van der Waals surface area contributed by atoms with Gasteiger partial charge in [-0.3, -0.25) is 9.78 Å². The summed E-state index contributed by atoms with van der Waals surface area (Å²) in [5.41, 5.74) is 2.62. The van der Waals surface area contributed by atoms with Crippen LogP contribution < -0.4 is 5.32 Å². The maximum Gasteiger partial charge on any atom is 0.333 e. The van der Waals surface area contributed by atoms with Crippen molar-refractivity contribution >= 4 is 5.91 Å². The van der Waals surface area contributed by atoms with Crippen LogP contribution in [0.2, 0.25) is 0 Å². The number of alkyl halides is 2. The minimum Gasteiger partial charge on any atom is -0.348 e. The van der Waals surface area contributed by atoms with Gasteiger partial charge in [-0.1, -0.05) is 6.58 Å². The Morgan fingerprint density at radius 1 is 1.22 bits per heavy atom. The summed E-state index contributed by atoms with van der Waals surface area (Å²) in [6, 6.07) is 8.87. The maximum absolute atomic E-state index is 13.1. The van der Waals surface area contributed by atoms with E-state index in [0.717, 1.165) is 6.08 Å². The van der Waals surface area contributed by atoms with E-state index in [1.807, 2.05) is 0 Å². The van der Waals surface area contributed by atoms with E-state index >= 15 is 0 Å². The largest absolute Gasteiger partial charge is 0.348 e. The molecule has 1 amide bonds. The first kappa shape index (κ1) is 18.4. The number of hydrogen-bond acceptors (Lipinski definition) is 3. The highest BCUT2D eigenvalue weighted by atomic mass is 19.3. The molecule has 0 aliphatic carbocycles. The van der Waals surface area contributed by atoms with Crippen LogP contribution in [0, 0.1) is 5.82 Å². The van der Waals surface area contributed by atoms with Gasteiger partial charge in [-0.25, -0.2) is 9.07 Å². The molecule has 2 heterocycles. The quantitative estimate of drug-likeness (QED) is 0.667. The number of nitrogens with one attached hydrogen (secondary N) is 1. The first-order valence-corrected chi connectivity index (χ1v) is 7.96. The molecule has 0 saturated heterocycles. The van der Waals surface area contributed by atoms with Crippen molar-refractivity contribution in [2.75, 3.05) is 0 Å². The Kier molecular flexibility index (Phi) is 5.35. The van der Waals surface area contributed by atoms with Gasteiger partial charge in [0.1, 0.15) is 5.82 Å². The van der Waals surface area contributed by atoms with Crippen LogP contribution in [0.15, 0.2) is 61.4 Å². The first-order valence-electron chi connectivity index (χ1n) is 7.96. The number of pyridine rings is 1. The van der Waals surface area contributed by atoms with Gasteiger partial charge >= 0.3 is 6.55 Å². The van der Waals surface area contributed by atoms with Gasteiger partial charge in [-0.2, -0.15) is 13.9 Å². The number of carbonyl (C=O) groups excluding carboxylic acids is 1. The van der Waals surface area contributed by atoms with E-state index in [9.17, 15) is 18.0 Å². The second kappa shape index (κ2) is 7.86. The van der Waals surface area contributed by atoms with Crippen LogP contribution in [0.1, 0.15) is 12.1 Å². The van der Waals surface area contributed by atoms with Crippen molar-refractivity contribution < 1.29 is 18.0 Å². The Balaban J connectivity index is 2.03. The molecular weight excluding hydrogens is 357 g/mol. The molecule has 27 heavy (non-hydrogen) atoms. The first-order chi connectivity index (χ1) is 13.0. The molecule has 0 unspecified atom stereocenters. The van der Waals surface area contributed by atoms with E-state index in [1.54, 1.807) is 18.2 Å². The summed E-state index contributed by atoms with van der Waals surface area (Å²) in [5, 5.41) is 6.51. The van der Waals surface area contributed by atoms with Gasteiger partial charge in [0.05, 0.1) is 11.4 Å². The summed E-state index contributed by atoms with van der Waals surface area (Å²) in [4.78, 5) is 15.8. The molecule has 0 aliphatic rings. The van der Waals surface area contributed by atoms with E-state index in [-0.39, 0.29) is 18.3 Å². The Morgan fingerprint density at radius 3 is 2.59 bits per heavy atom. The standard InChI is InChI=1S/C19H15F3N4O/c1-2-18(27)24-11-13-10-23-17(12-3-5-14(20)6-4-12)9-15(13)16-7-8-26(25-16)19(21)22/h2-10,19H,1,11H2,(H,24,27). The molecular formula is C19H15F3N4O. The van der Waals surface area contributed by atoms with Crippen molar-refractivity contribution in [2.45, 2.75) is 13.1 Å². The van der Waals surface area contributed by atoms with Crippen LogP contribution in [0.5, 0.6) is 0 Å². The van der Waals surface area contributed by atoms with E-state index in [0.29, 0.717) is 32.8 Å². The zero-order valence-electron chi connectivity index (χ0n) is 14.1. The molecule has 2 aromatic heterocycles. The third kappa shape index (κ3) is 4.22. The Morgan fingerprint density at radius 2 is 1.96 bits per heavy atom. The van der Waals surface area contributed by atoms with Gasteiger partial charge in [0.15, 0.2) is 0 Å². The molecule has 5 nitrogen and oxygen atoms in total. The lowest BCUT2D eigenvalue weighted by Crippen LogP contribution is -2.20. The molecule has 0 aliphatic heterocycles. The number of amides is 1. The lowest BCUT2D eigenvalue weighted by Gasteiger charge is -2.11. The molecule has 0 spiro atoms. The highest BCUT2D eigenvalue weighted by molar-refractivity contribution is 5.87. The molecule has 0 fully saturated rings. The van der Waals surface area contributed by atoms with E-state index in [4.69, 9.17) is 0 Å². The summed E-state index contributed by atoms with van der Waals surface area (Å²) in [7, 11) is 0. The average Bonchev–Trinajstić information content (AvgIpc) is 3.17. The number of carbonyl (C=O) groups is 1. The van der Waals surface area contributed by atoms with E-state index in [2.05, 4.69) is 22.0 Å². The third-order valence-corrected chi connectivity index (χ3v) is 3.85. The van der Waals surface area contributed by atoms with Crippen LogP contribution in [0.3, 0.4) is 0 Å². The molecule has 0 radical (unpaired) electrons. The van der Waals surface area contributed by atoms with Crippen LogP contribution in [-0.2, 0) is 11.3 Å². The smallest absolute Gasteiger partial charge is 0.333 e. The van der Waals surface area contributed by atoms with Gasteiger partial charge in [0.2, 0.25) is 5.91 Å². The Labute approximate surface area is 153 Å². The Bertz CT molecular complexity index is 967. The highest BCUT2D eigenvalue weighted by Gasteiger charge is 2.14. The van der Waals surface area contributed by atoms with Crippen molar-refractivity contribution in [3.05, 3.63) is 72.8 Å². The summed E-state index contributed by atoms with van der Waals surface area (Å²) >= 11 is 0. The second-order valence-corrected chi connectivity index (χ2v) is 5.61. The van der Waals surface area contributed by atoms with Gasteiger partial charge in [0, 0.05) is 30.1 Å². The summed E-state index contributed by atoms with van der Waals surface area (Å²) < 4.78 is 39.4. The minimum atomic E-state index is -2.76. The van der Waals surface area contributed by atoms with Crippen molar-refractivity contribution in [1.29, 1.82) is 0 Å². The van der Waals surface area contributed by atoms with Crippen LogP contribution >= 0.6 is 0 Å². The van der Waals surface area contributed by atoms with Gasteiger partial charge in [-0.15, -0.1) is 0 Å². The van der Waals surface area contributed by atoms with Crippen LogP contribution in [0.4, 0.5) is 13.2 Å². The predicted octanol–water partition coefficient (Wildman–Crippen LogP) is 3.95. The fourth-order valence-electron chi connectivity index (χ4n) is 2.49. The maximum atomic E-state index is 13.1. The number of halogens is 3. The van der Waals surface area contributed by atoms with Gasteiger partial charge in [-0.05, 0) is 48.0 Å². The number of aromatic nitrogens is 3. The number of benzene rings is 1. The van der Waals surface area contributed by atoms with Gasteiger partial charge < -0.3 is 5.32 Å². The number of hydrogen-bond donors (Lipinski definition) is 1. The van der Waals surface area contributed by atoms with Crippen molar-refractivity contribution in [3.63, 3.8) is 0 Å². The number of nitrogens with zero attached hydrogens (tertiary/aromatic N) is 3. The molecule has 3 aromatic rings. The zero-order valence-corrected chi connectivity index (χ0v) is 14.1. The molecule has 0 atom stereocenters. The molecule has 138 valence electrons. The van der Waals surface area contributed by atoms with Crippen molar-refractivity contribution in [2.24, 2.45) is 0 Å². The molecule has 3 rings (SSSR count). The minimum absolute atomic E-state index is 0.123. The topological polar surface area (TPSA) is 59.8 Å². The zero-order chi connectivity index (χ0) is 19.4. The third-order valence-electron chi connectivity index (χ3n) is 3.85. The summed E-state index contributed by atoms with van der Waals surface area (Å²) in [5.74, 6) is -0.750.